The van der Waals surface area contributed by atoms with Crippen molar-refractivity contribution < 1.29 is 4.79 Å². The van der Waals surface area contributed by atoms with Crippen molar-refractivity contribution in [3.63, 3.8) is 0 Å². The van der Waals surface area contributed by atoms with Crippen LogP contribution in [-0.2, 0) is 0 Å². The minimum absolute atomic E-state index is 0.0114. The number of nitrogens with one attached hydrogen (secondary N) is 1. The Kier molecular flexibility index (Phi) is 4.63. The maximum Gasteiger partial charge on any atom is 0.291 e. The molecule has 1 aromatic carbocycles. The quantitative estimate of drug-likeness (QED) is 0.548. The maximum absolute atomic E-state index is 12.7. The van der Waals surface area contributed by atoms with E-state index >= 15 is 0 Å². The smallest absolute Gasteiger partial charge is 0.291 e. The molecule has 3 aromatic heterocycles. The van der Waals surface area contributed by atoms with Crippen LogP contribution in [0.2, 0.25) is 5.02 Å². The van der Waals surface area contributed by atoms with Crippen LogP contribution in [0.15, 0.2) is 55.1 Å². The van der Waals surface area contributed by atoms with Gasteiger partial charge in [0.1, 0.15) is 6.33 Å². The zero-order valence-corrected chi connectivity index (χ0v) is 17.1. The van der Waals surface area contributed by atoms with Crippen LogP contribution in [0.1, 0.15) is 22.7 Å². The molecule has 8 nitrogen and oxygen atoms in total. The summed E-state index contributed by atoms with van der Waals surface area (Å²) in [6, 6.07) is 11.3. The zero-order chi connectivity index (χ0) is 20.7. The molecule has 1 atom stereocenters. The summed E-state index contributed by atoms with van der Waals surface area (Å²) in [5.74, 6) is 0.813. The van der Waals surface area contributed by atoms with E-state index in [1.54, 1.807) is 16.8 Å². The topological polar surface area (TPSA) is 80.4 Å². The maximum atomic E-state index is 12.7. The molecule has 1 fully saturated rings. The second-order valence-corrected chi connectivity index (χ2v) is 7.84. The van der Waals surface area contributed by atoms with Gasteiger partial charge in [-0.1, -0.05) is 11.6 Å². The van der Waals surface area contributed by atoms with Crippen LogP contribution in [0.5, 0.6) is 0 Å². The lowest BCUT2D eigenvalue weighted by atomic mass is 10.2. The number of aryl methyl sites for hydroxylation is 1. The van der Waals surface area contributed by atoms with E-state index in [2.05, 4.69) is 30.8 Å². The molecule has 152 valence electrons. The highest BCUT2D eigenvalue weighted by molar-refractivity contribution is 6.30. The predicted octanol–water partition coefficient (Wildman–Crippen LogP) is 2.89. The number of amides is 1. The summed E-state index contributed by atoms with van der Waals surface area (Å²) in [4.78, 5) is 23.8. The van der Waals surface area contributed by atoms with Crippen LogP contribution in [-0.4, -0.2) is 49.2 Å². The van der Waals surface area contributed by atoms with Gasteiger partial charge in [0.25, 0.3) is 5.91 Å². The van der Waals surface area contributed by atoms with Crippen molar-refractivity contribution in [2.45, 2.75) is 19.4 Å². The van der Waals surface area contributed by atoms with E-state index in [1.807, 2.05) is 37.5 Å². The number of hydrogen-bond acceptors (Lipinski definition) is 5. The molecule has 0 unspecified atom stereocenters. The zero-order valence-electron chi connectivity index (χ0n) is 16.4. The fourth-order valence-corrected chi connectivity index (χ4v) is 3.91. The first-order valence-corrected chi connectivity index (χ1v) is 10.1. The Morgan fingerprint density at radius 3 is 2.90 bits per heavy atom. The Morgan fingerprint density at radius 1 is 1.23 bits per heavy atom. The summed E-state index contributed by atoms with van der Waals surface area (Å²) in [7, 11) is 0. The molecule has 1 aliphatic heterocycles. The number of carbonyl (C=O) groups is 1. The number of aromatic nitrogens is 5. The molecule has 1 amide bonds. The van der Waals surface area contributed by atoms with E-state index in [0.717, 1.165) is 35.7 Å². The summed E-state index contributed by atoms with van der Waals surface area (Å²) in [5.41, 5.74) is 2.81. The van der Waals surface area contributed by atoms with Crippen LogP contribution in [0.25, 0.3) is 11.2 Å². The number of fused-ring (bicyclic) bond motifs is 1. The highest BCUT2D eigenvalue weighted by Crippen LogP contribution is 2.24. The standard InChI is InChI=1S/C21H20ClN7O/c1-14-11-27-9-2-3-18(27)20(24-14)28-10-8-16(12-28)25-21(30)19-23-13-29(26-19)17-6-4-15(22)5-7-17/h2-7,9,11,13,16H,8,10,12H2,1H3,(H,25,30)/t16-/m0/s1. The van der Waals surface area contributed by atoms with Crippen molar-refractivity contribution in [1.82, 2.24) is 29.5 Å². The number of halogens is 1. The number of hydrogen-bond donors (Lipinski definition) is 1. The van der Waals surface area contributed by atoms with Gasteiger partial charge in [-0.3, -0.25) is 4.79 Å². The van der Waals surface area contributed by atoms with Crippen LogP contribution < -0.4 is 10.2 Å². The normalized spacial score (nSPS) is 16.3. The molecule has 0 bridgehead atoms. The van der Waals surface area contributed by atoms with E-state index in [0.29, 0.717) is 11.6 Å². The third kappa shape index (κ3) is 3.50. The number of rotatable bonds is 4. The van der Waals surface area contributed by atoms with E-state index in [4.69, 9.17) is 16.6 Å². The summed E-state index contributed by atoms with van der Waals surface area (Å²) in [6.45, 7) is 3.51. The van der Waals surface area contributed by atoms with Crippen LogP contribution in [0.3, 0.4) is 0 Å². The lowest BCUT2D eigenvalue weighted by Gasteiger charge is -2.19. The van der Waals surface area contributed by atoms with Gasteiger partial charge in [0, 0.05) is 36.5 Å². The molecular weight excluding hydrogens is 402 g/mol. The second kappa shape index (κ2) is 7.46. The molecule has 0 spiro atoms. The van der Waals surface area contributed by atoms with E-state index in [9.17, 15) is 4.79 Å². The Bertz CT molecular complexity index is 1210. The van der Waals surface area contributed by atoms with E-state index in [-0.39, 0.29) is 17.8 Å². The molecule has 1 N–H and O–H groups in total. The lowest BCUT2D eigenvalue weighted by molar-refractivity contribution is 0.0930. The molecule has 4 aromatic rings. The number of nitrogens with zero attached hydrogens (tertiary/aromatic N) is 6. The molecule has 1 saturated heterocycles. The van der Waals surface area contributed by atoms with Crippen molar-refractivity contribution in [1.29, 1.82) is 0 Å². The molecule has 5 rings (SSSR count). The first-order chi connectivity index (χ1) is 14.6. The van der Waals surface area contributed by atoms with Gasteiger partial charge < -0.3 is 14.6 Å². The first-order valence-electron chi connectivity index (χ1n) is 9.74. The largest absolute Gasteiger partial charge is 0.353 e. The van der Waals surface area contributed by atoms with Gasteiger partial charge in [-0.15, -0.1) is 5.10 Å². The van der Waals surface area contributed by atoms with Crippen LogP contribution in [0.4, 0.5) is 5.82 Å². The van der Waals surface area contributed by atoms with Gasteiger partial charge in [0.2, 0.25) is 5.82 Å². The van der Waals surface area contributed by atoms with Gasteiger partial charge in [-0.25, -0.2) is 14.6 Å². The fraction of sp³-hybridized carbons (Fsp3) is 0.238. The highest BCUT2D eigenvalue weighted by atomic mass is 35.5. The molecule has 0 aliphatic carbocycles. The van der Waals surface area contributed by atoms with Crippen molar-refractivity contribution in [3.8, 4) is 5.69 Å². The minimum atomic E-state index is -0.278. The van der Waals surface area contributed by atoms with Crippen molar-refractivity contribution in [2.75, 3.05) is 18.0 Å². The number of anilines is 1. The monoisotopic (exact) mass is 421 g/mol. The predicted molar refractivity (Wildman–Crippen MR) is 114 cm³/mol. The van der Waals surface area contributed by atoms with Crippen molar-refractivity contribution >= 4 is 28.8 Å². The average Bonchev–Trinajstić information content (AvgIpc) is 3.48. The molecular formula is C21H20ClN7O. The number of benzene rings is 1. The Balaban J connectivity index is 1.27. The van der Waals surface area contributed by atoms with Gasteiger partial charge in [0.05, 0.1) is 16.9 Å². The van der Waals surface area contributed by atoms with E-state index < -0.39 is 0 Å². The SMILES string of the molecule is Cc1cn2cccc2c(N2CC[C@H](NC(=O)c3ncn(-c4ccc(Cl)cc4)n3)C2)n1. The third-order valence-corrected chi connectivity index (χ3v) is 5.48. The summed E-state index contributed by atoms with van der Waals surface area (Å²) in [5, 5.41) is 7.99. The molecule has 0 radical (unpaired) electrons. The van der Waals surface area contributed by atoms with Crippen molar-refractivity contribution in [2.24, 2.45) is 0 Å². The molecule has 0 saturated carbocycles. The molecule has 1 aliphatic rings. The Labute approximate surface area is 178 Å². The van der Waals surface area contributed by atoms with Gasteiger partial charge in [0.15, 0.2) is 5.82 Å². The fourth-order valence-electron chi connectivity index (χ4n) is 3.79. The third-order valence-electron chi connectivity index (χ3n) is 5.23. The van der Waals surface area contributed by atoms with Gasteiger partial charge in [-0.05, 0) is 49.7 Å². The van der Waals surface area contributed by atoms with Crippen molar-refractivity contribution in [3.05, 3.63) is 71.7 Å². The second-order valence-electron chi connectivity index (χ2n) is 7.40. The van der Waals surface area contributed by atoms with Gasteiger partial charge >= 0.3 is 0 Å². The number of carbonyl (C=O) groups excluding carboxylic acids is 1. The highest BCUT2D eigenvalue weighted by Gasteiger charge is 2.27. The van der Waals surface area contributed by atoms with Crippen LogP contribution >= 0.6 is 11.6 Å². The molecule has 30 heavy (non-hydrogen) atoms. The summed E-state index contributed by atoms with van der Waals surface area (Å²) in [6.07, 6.45) is 6.40. The summed E-state index contributed by atoms with van der Waals surface area (Å²) >= 11 is 5.92. The minimum Gasteiger partial charge on any atom is -0.353 e. The lowest BCUT2D eigenvalue weighted by Crippen LogP contribution is -2.37. The van der Waals surface area contributed by atoms with E-state index in [1.165, 1.54) is 6.33 Å². The molecule has 9 heteroatoms. The Morgan fingerprint density at radius 2 is 2.07 bits per heavy atom. The Hall–Kier alpha value is -3.39. The van der Waals surface area contributed by atoms with Gasteiger partial charge in [-0.2, -0.15) is 0 Å². The first kappa shape index (κ1) is 18.6. The summed E-state index contributed by atoms with van der Waals surface area (Å²) < 4.78 is 3.64. The average molecular weight is 422 g/mol. The molecule has 4 heterocycles. The van der Waals surface area contributed by atoms with Crippen LogP contribution in [0, 0.1) is 6.92 Å².